The summed E-state index contributed by atoms with van der Waals surface area (Å²) in [7, 11) is 0. The van der Waals surface area contributed by atoms with Gasteiger partial charge in [-0.2, -0.15) is 5.26 Å². The number of anilines is 1. The van der Waals surface area contributed by atoms with E-state index in [2.05, 4.69) is 28.3 Å². The Hall–Kier alpha value is -1.91. The summed E-state index contributed by atoms with van der Waals surface area (Å²) in [5, 5.41) is 14.8. The van der Waals surface area contributed by atoms with Gasteiger partial charge >= 0.3 is 0 Å². The minimum atomic E-state index is -0.151. The molecule has 0 unspecified atom stereocenters. The largest absolute Gasteiger partial charge is 0.301 e. The molecule has 0 aliphatic heterocycles. The lowest BCUT2D eigenvalue weighted by molar-refractivity contribution is -0.113. The van der Waals surface area contributed by atoms with Crippen LogP contribution in [0.4, 0.5) is 5.13 Å². The maximum absolute atomic E-state index is 11.8. The summed E-state index contributed by atoms with van der Waals surface area (Å²) >= 11 is 2.64. The minimum absolute atomic E-state index is 0.151. The highest BCUT2D eigenvalue weighted by atomic mass is 32.2. The molecule has 7 heteroatoms. The van der Waals surface area contributed by atoms with Gasteiger partial charge in [-0.3, -0.25) is 4.79 Å². The van der Waals surface area contributed by atoms with E-state index in [-0.39, 0.29) is 11.7 Å². The Morgan fingerprint density at radius 3 is 3.05 bits per heavy atom. The van der Waals surface area contributed by atoms with Crippen molar-refractivity contribution >= 4 is 34.1 Å². The molecule has 0 bridgehead atoms. The third kappa shape index (κ3) is 4.55. The fraction of sp³-hybridized carbons (Fsp3) is 0.286. The smallest absolute Gasteiger partial charge is 0.236 e. The summed E-state index contributed by atoms with van der Waals surface area (Å²) in [5.74, 6) is 0.0538. The van der Waals surface area contributed by atoms with Gasteiger partial charge in [-0.1, -0.05) is 25.1 Å². The van der Waals surface area contributed by atoms with E-state index in [0.717, 1.165) is 18.5 Å². The van der Waals surface area contributed by atoms with Gasteiger partial charge in [-0.25, -0.2) is 9.97 Å². The first kappa shape index (κ1) is 15.5. The number of nitriles is 1. The van der Waals surface area contributed by atoms with Crippen LogP contribution >= 0.6 is 23.1 Å². The van der Waals surface area contributed by atoms with Gasteiger partial charge in [0.1, 0.15) is 11.1 Å². The van der Waals surface area contributed by atoms with Gasteiger partial charge in [-0.15, -0.1) is 11.3 Å². The summed E-state index contributed by atoms with van der Waals surface area (Å²) in [6.45, 7) is 2.08. The van der Waals surface area contributed by atoms with Crippen molar-refractivity contribution in [1.29, 1.82) is 5.26 Å². The van der Waals surface area contributed by atoms with Crippen LogP contribution in [0.15, 0.2) is 28.7 Å². The first-order chi connectivity index (χ1) is 10.2. The Morgan fingerprint density at radius 1 is 1.52 bits per heavy atom. The molecule has 0 aromatic carbocycles. The van der Waals surface area contributed by atoms with Gasteiger partial charge in [0.15, 0.2) is 5.13 Å². The molecule has 0 saturated heterocycles. The second kappa shape index (κ2) is 7.76. The van der Waals surface area contributed by atoms with Crippen LogP contribution in [0, 0.1) is 11.3 Å². The van der Waals surface area contributed by atoms with Crippen LogP contribution in [0.1, 0.15) is 24.6 Å². The summed E-state index contributed by atoms with van der Waals surface area (Å²) in [5.41, 5.74) is 1.45. The van der Waals surface area contributed by atoms with Gasteiger partial charge in [0.05, 0.1) is 11.3 Å². The molecular weight excluding hydrogens is 304 g/mol. The number of nitrogens with zero attached hydrogens (tertiary/aromatic N) is 3. The van der Waals surface area contributed by atoms with Crippen molar-refractivity contribution in [3.05, 3.63) is 35.0 Å². The molecule has 0 radical (unpaired) electrons. The number of thioether (sulfide) groups is 1. The molecular formula is C14H14N4OS2. The molecule has 1 amide bonds. The lowest BCUT2D eigenvalue weighted by Crippen LogP contribution is -2.14. The van der Waals surface area contributed by atoms with Gasteiger partial charge in [0.2, 0.25) is 5.91 Å². The monoisotopic (exact) mass is 318 g/mol. The predicted molar refractivity (Wildman–Crippen MR) is 84.4 cm³/mol. The standard InChI is InChI=1S/C14H14N4OS2/c1-2-3-11-5-4-10(8-15)13(17-11)21-9-12(19)18-14-16-6-7-20-14/h4-7H,2-3,9H2,1H3,(H,16,18,19). The highest BCUT2D eigenvalue weighted by molar-refractivity contribution is 8.00. The summed E-state index contributed by atoms with van der Waals surface area (Å²) < 4.78 is 0. The molecule has 0 fully saturated rings. The maximum Gasteiger partial charge on any atom is 0.236 e. The SMILES string of the molecule is CCCc1ccc(C#N)c(SCC(=O)Nc2nccs2)n1. The molecule has 0 saturated carbocycles. The predicted octanol–water partition coefficient (Wildman–Crippen LogP) is 3.09. The third-order valence-electron chi connectivity index (χ3n) is 2.56. The zero-order valence-electron chi connectivity index (χ0n) is 11.5. The first-order valence-electron chi connectivity index (χ1n) is 6.45. The molecule has 2 aromatic heterocycles. The van der Waals surface area contributed by atoms with E-state index in [1.54, 1.807) is 17.6 Å². The highest BCUT2D eigenvalue weighted by Gasteiger charge is 2.10. The average Bonchev–Trinajstić information content (AvgIpc) is 2.98. The molecule has 2 rings (SSSR count). The number of hydrogen-bond acceptors (Lipinski definition) is 6. The Morgan fingerprint density at radius 2 is 2.38 bits per heavy atom. The second-order valence-corrected chi connectivity index (χ2v) is 6.05. The summed E-state index contributed by atoms with van der Waals surface area (Å²) in [6, 6.07) is 5.73. The normalized spacial score (nSPS) is 10.1. The number of pyridine rings is 1. The van der Waals surface area contributed by atoms with Crippen molar-refractivity contribution in [3.8, 4) is 6.07 Å². The molecule has 21 heavy (non-hydrogen) atoms. The minimum Gasteiger partial charge on any atom is -0.301 e. The highest BCUT2D eigenvalue weighted by Crippen LogP contribution is 2.21. The number of nitrogens with one attached hydrogen (secondary N) is 1. The van der Waals surface area contributed by atoms with Crippen molar-refractivity contribution in [1.82, 2.24) is 9.97 Å². The van der Waals surface area contributed by atoms with Crippen LogP contribution in [-0.2, 0) is 11.2 Å². The van der Waals surface area contributed by atoms with Crippen molar-refractivity contribution in [2.75, 3.05) is 11.1 Å². The quantitative estimate of drug-likeness (QED) is 0.828. The van der Waals surface area contributed by atoms with Gasteiger partial charge in [0.25, 0.3) is 0 Å². The first-order valence-corrected chi connectivity index (χ1v) is 8.31. The lowest BCUT2D eigenvalue weighted by atomic mass is 10.2. The molecule has 0 atom stereocenters. The molecule has 0 spiro atoms. The van der Waals surface area contributed by atoms with Gasteiger partial charge in [0, 0.05) is 17.3 Å². The van der Waals surface area contributed by atoms with E-state index in [9.17, 15) is 4.79 Å². The zero-order valence-corrected chi connectivity index (χ0v) is 13.1. The Kier molecular flexibility index (Phi) is 5.72. The fourth-order valence-electron chi connectivity index (χ4n) is 1.64. The lowest BCUT2D eigenvalue weighted by Gasteiger charge is -2.06. The molecule has 5 nitrogen and oxygen atoms in total. The van der Waals surface area contributed by atoms with E-state index in [0.29, 0.717) is 15.7 Å². The molecule has 108 valence electrons. The van der Waals surface area contributed by atoms with Crippen molar-refractivity contribution in [2.24, 2.45) is 0 Å². The van der Waals surface area contributed by atoms with Crippen LogP contribution in [0.2, 0.25) is 0 Å². The zero-order chi connectivity index (χ0) is 15.1. The Bertz CT molecular complexity index is 649. The number of aryl methyl sites for hydroxylation is 1. The number of thiazole rings is 1. The van der Waals surface area contributed by atoms with Gasteiger partial charge < -0.3 is 5.32 Å². The fourth-order valence-corrected chi connectivity index (χ4v) is 2.98. The van der Waals surface area contributed by atoms with Crippen LogP contribution in [-0.4, -0.2) is 21.6 Å². The number of carbonyl (C=O) groups is 1. The van der Waals surface area contributed by atoms with Gasteiger partial charge in [-0.05, 0) is 18.6 Å². The van der Waals surface area contributed by atoms with E-state index in [1.807, 2.05) is 6.07 Å². The molecule has 1 N–H and O–H groups in total. The number of hydrogen-bond donors (Lipinski definition) is 1. The molecule has 0 aliphatic rings. The Labute approximate surface area is 131 Å². The van der Waals surface area contributed by atoms with Crippen LogP contribution in [0.5, 0.6) is 0 Å². The number of aromatic nitrogens is 2. The molecule has 2 aromatic rings. The van der Waals surface area contributed by atoms with Crippen LogP contribution in [0.25, 0.3) is 0 Å². The second-order valence-electron chi connectivity index (χ2n) is 4.19. The van der Waals surface area contributed by atoms with E-state index < -0.39 is 0 Å². The van der Waals surface area contributed by atoms with Crippen molar-refractivity contribution < 1.29 is 4.79 Å². The maximum atomic E-state index is 11.8. The Balaban J connectivity index is 1.99. The van der Waals surface area contributed by atoms with E-state index in [1.165, 1.54) is 23.1 Å². The number of amides is 1. The van der Waals surface area contributed by atoms with E-state index >= 15 is 0 Å². The van der Waals surface area contributed by atoms with Crippen molar-refractivity contribution in [3.63, 3.8) is 0 Å². The van der Waals surface area contributed by atoms with Crippen LogP contribution in [0.3, 0.4) is 0 Å². The summed E-state index contributed by atoms with van der Waals surface area (Å²) in [4.78, 5) is 20.3. The number of rotatable bonds is 6. The summed E-state index contributed by atoms with van der Waals surface area (Å²) in [6.07, 6.45) is 3.50. The third-order valence-corrected chi connectivity index (χ3v) is 4.24. The average molecular weight is 318 g/mol. The molecule has 0 aliphatic carbocycles. The molecule has 2 heterocycles. The van der Waals surface area contributed by atoms with Crippen LogP contribution < -0.4 is 5.32 Å². The topological polar surface area (TPSA) is 78.7 Å². The van der Waals surface area contributed by atoms with Crippen molar-refractivity contribution in [2.45, 2.75) is 24.8 Å². The van der Waals surface area contributed by atoms with E-state index in [4.69, 9.17) is 5.26 Å². The number of carbonyl (C=O) groups excluding carboxylic acids is 1.